The van der Waals surface area contributed by atoms with E-state index in [-0.39, 0.29) is 0 Å². The number of aromatic nitrogens is 3. The highest BCUT2D eigenvalue weighted by molar-refractivity contribution is 5.79. The van der Waals surface area contributed by atoms with E-state index in [1.165, 1.54) is 0 Å². The maximum absolute atomic E-state index is 5.74. The van der Waals surface area contributed by atoms with Crippen molar-refractivity contribution < 1.29 is 4.42 Å². The fourth-order valence-corrected chi connectivity index (χ4v) is 2.14. The molecule has 19 heavy (non-hydrogen) atoms. The van der Waals surface area contributed by atoms with Gasteiger partial charge in [-0.25, -0.2) is 4.98 Å². The first-order valence-corrected chi connectivity index (χ1v) is 5.90. The first-order chi connectivity index (χ1) is 9.31. The van der Waals surface area contributed by atoms with Crippen molar-refractivity contribution in [3.8, 4) is 6.01 Å². The molecule has 0 bridgehead atoms. The molecule has 0 fully saturated rings. The van der Waals surface area contributed by atoms with Crippen molar-refractivity contribution in [2.75, 3.05) is 5.73 Å². The van der Waals surface area contributed by atoms with E-state index in [0.29, 0.717) is 17.3 Å². The van der Waals surface area contributed by atoms with Gasteiger partial charge in [0.15, 0.2) is 5.58 Å². The van der Waals surface area contributed by atoms with Gasteiger partial charge < -0.3 is 10.2 Å². The number of para-hydroxylation sites is 2. The fourth-order valence-electron chi connectivity index (χ4n) is 2.14. The van der Waals surface area contributed by atoms with Gasteiger partial charge in [0, 0.05) is 11.8 Å². The predicted octanol–water partition coefficient (Wildman–Crippen LogP) is 2.75. The lowest BCUT2D eigenvalue weighted by molar-refractivity contribution is 0.569. The molecule has 2 N–H and O–H groups in total. The van der Waals surface area contributed by atoms with Crippen LogP contribution in [0.2, 0.25) is 0 Å². The fraction of sp³-hybridized carbons (Fsp3) is 0. The summed E-state index contributed by atoms with van der Waals surface area (Å²) in [6.45, 7) is 0. The molecule has 0 amide bonds. The Morgan fingerprint density at radius 3 is 2.89 bits per heavy atom. The van der Waals surface area contributed by atoms with Gasteiger partial charge >= 0.3 is 6.01 Å². The van der Waals surface area contributed by atoms with Crippen LogP contribution < -0.4 is 5.73 Å². The number of nitrogens with two attached hydrogens (primary N) is 1. The molecule has 0 spiro atoms. The predicted molar refractivity (Wildman–Crippen MR) is 73.0 cm³/mol. The maximum atomic E-state index is 5.74. The number of benzene rings is 2. The molecule has 0 aliphatic rings. The third kappa shape index (κ3) is 1.48. The quantitative estimate of drug-likeness (QED) is 0.527. The van der Waals surface area contributed by atoms with Gasteiger partial charge in [0.05, 0.1) is 11.0 Å². The van der Waals surface area contributed by atoms with Crippen LogP contribution in [0.4, 0.5) is 5.69 Å². The van der Waals surface area contributed by atoms with Crippen molar-refractivity contribution in [3.05, 3.63) is 48.8 Å². The average molecular weight is 250 g/mol. The summed E-state index contributed by atoms with van der Waals surface area (Å²) in [7, 11) is 0. The van der Waals surface area contributed by atoms with Gasteiger partial charge in [-0.1, -0.05) is 12.1 Å². The number of nitrogens with zero attached hydrogens (tertiary/aromatic N) is 3. The van der Waals surface area contributed by atoms with Gasteiger partial charge in [0.25, 0.3) is 0 Å². The van der Waals surface area contributed by atoms with Crippen LogP contribution in [0.1, 0.15) is 0 Å². The third-order valence-electron chi connectivity index (χ3n) is 3.06. The van der Waals surface area contributed by atoms with Crippen molar-refractivity contribution in [2.45, 2.75) is 0 Å². The minimum Gasteiger partial charge on any atom is -0.423 e. The summed E-state index contributed by atoms with van der Waals surface area (Å²) >= 11 is 0. The summed E-state index contributed by atoms with van der Waals surface area (Å²) in [5, 5.41) is 0. The van der Waals surface area contributed by atoms with Crippen molar-refractivity contribution in [2.24, 2.45) is 0 Å². The Morgan fingerprint density at radius 1 is 1.05 bits per heavy atom. The van der Waals surface area contributed by atoms with E-state index in [9.17, 15) is 0 Å². The largest absolute Gasteiger partial charge is 0.423 e. The molecule has 0 radical (unpaired) electrons. The van der Waals surface area contributed by atoms with Crippen LogP contribution in [0.3, 0.4) is 0 Å². The van der Waals surface area contributed by atoms with E-state index < -0.39 is 0 Å². The third-order valence-corrected chi connectivity index (χ3v) is 3.06. The zero-order valence-corrected chi connectivity index (χ0v) is 9.95. The highest BCUT2D eigenvalue weighted by Crippen LogP contribution is 2.23. The van der Waals surface area contributed by atoms with Gasteiger partial charge in [-0.2, -0.15) is 4.98 Å². The summed E-state index contributed by atoms with van der Waals surface area (Å²) in [5.41, 5.74) is 9.71. The maximum Gasteiger partial charge on any atom is 0.308 e. The van der Waals surface area contributed by atoms with E-state index in [1.807, 2.05) is 34.9 Å². The smallest absolute Gasteiger partial charge is 0.308 e. The number of imidazole rings is 1. The second-order valence-electron chi connectivity index (χ2n) is 4.33. The number of fused-ring (bicyclic) bond motifs is 2. The monoisotopic (exact) mass is 250 g/mol. The van der Waals surface area contributed by atoms with E-state index in [1.54, 1.807) is 18.5 Å². The van der Waals surface area contributed by atoms with Crippen LogP contribution in [-0.4, -0.2) is 14.5 Å². The highest BCUT2D eigenvalue weighted by Gasteiger charge is 2.10. The van der Waals surface area contributed by atoms with E-state index in [0.717, 1.165) is 16.6 Å². The molecular formula is C14H10N4O. The summed E-state index contributed by atoms with van der Waals surface area (Å²) in [6, 6.07) is 13.8. The van der Waals surface area contributed by atoms with Crippen LogP contribution in [-0.2, 0) is 0 Å². The number of hydrogen-bond acceptors (Lipinski definition) is 4. The Bertz CT molecular complexity index is 891. The zero-order chi connectivity index (χ0) is 12.8. The van der Waals surface area contributed by atoms with Gasteiger partial charge in [-0.3, -0.25) is 4.57 Å². The van der Waals surface area contributed by atoms with Gasteiger partial charge in [0.2, 0.25) is 0 Å². The lowest BCUT2D eigenvalue weighted by Gasteiger charge is -1.96. The Kier molecular flexibility index (Phi) is 1.91. The zero-order valence-electron chi connectivity index (χ0n) is 9.95. The van der Waals surface area contributed by atoms with E-state index in [2.05, 4.69) is 9.97 Å². The molecule has 0 saturated carbocycles. The molecule has 4 rings (SSSR count). The van der Waals surface area contributed by atoms with Crippen molar-refractivity contribution in [3.63, 3.8) is 0 Å². The Balaban J connectivity index is 1.99. The molecule has 0 unspecified atom stereocenters. The lowest BCUT2D eigenvalue weighted by Crippen LogP contribution is -1.90. The normalized spacial score (nSPS) is 11.4. The molecule has 2 aromatic carbocycles. The second kappa shape index (κ2) is 3.58. The van der Waals surface area contributed by atoms with Crippen LogP contribution in [0.5, 0.6) is 0 Å². The molecule has 5 heteroatoms. The van der Waals surface area contributed by atoms with Gasteiger partial charge in [0.1, 0.15) is 11.8 Å². The first kappa shape index (κ1) is 10.1. The van der Waals surface area contributed by atoms with Gasteiger partial charge in [-0.15, -0.1) is 0 Å². The first-order valence-electron chi connectivity index (χ1n) is 5.90. The molecule has 0 atom stereocenters. The number of hydrogen-bond donors (Lipinski definition) is 1. The van der Waals surface area contributed by atoms with Crippen LogP contribution in [0, 0.1) is 0 Å². The molecule has 0 aliphatic heterocycles. The molecular weight excluding hydrogens is 240 g/mol. The van der Waals surface area contributed by atoms with Crippen molar-refractivity contribution >= 4 is 27.8 Å². The lowest BCUT2D eigenvalue weighted by atomic mass is 10.3. The number of nitrogen functional groups attached to an aromatic ring is 1. The average Bonchev–Trinajstić information content (AvgIpc) is 3.00. The molecule has 2 heterocycles. The topological polar surface area (TPSA) is 69.9 Å². The second-order valence-corrected chi connectivity index (χ2v) is 4.33. The summed E-state index contributed by atoms with van der Waals surface area (Å²) in [5.74, 6) is 0. The summed E-state index contributed by atoms with van der Waals surface area (Å²) in [6.07, 6.45) is 1.71. The molecule has 2 aromatic heterocycles. The standard InChI is InChI=1S/C14H10N4O/c15-9-5-6-11-13(7-9)19-14(17-11)18-8-16-10-3-1-2-4-12(10)18/h1-8H,15H2. The molecule has 5 nitrogen and oxygen atoms in total. The Labute approximate surface area is 108 Å². The summed E-state index contributed by atoms with van der Waals surface area (Å²) in [4.78, 5) is 8.77. The molecule has 0 aliphatic carbocycles. The number of oxazole rings is 1. The molecule has 4 aromatic rings. The van der Waals surface area contributed by atoms with E-state index >= 15 is 0 Å². The minimum absolute atomic E-state index is 0.495. The molecule has 92 valence electrons. The SMILES string of the molecule is Nc1ccc2nc(-n3cnc4ccccc43)oc2c1. The highest BCUT2D eigenvalue weighted by atomic mass is 16.4. The van der Waals surface area contributed by atoms with Crippen LogP contribution in [0.25, 0.3) is 28.1 Å². The Morgan fingerprint density at radius 2 is 1.95 bits per heavy atom. The van der Waals surface area contributed by atoms with E-state index in [4.69, 9.17) is 10.2 Å². The van der Waals surface area contributed by atoms with Crippen molar-refractivity contribution in [1.82, 2.24) is 14.5 Å². The van der Waals surface area contributed by atoms with Crippen LogP contribution in [0.15, 0.2) is 53.2 Å². The van der Waals surface area contributed by atoms with Crippen molar-refractivity contribution in [1.29, 1.82) is 0 Å². The Hall–Kier alpha value is -2.82. The number of rotatable bonds is 1. The molecule has 0 saturated heterocycles. The summed E-state index contributed by atoms with van der Waals surface area (Å²) < 4.78 is 7.56. The van der Waals surface area contributed by atoms with Crippen LogP contribution >= 0.6 is 0 Å². The minimum atomic E-state index is 0.495. The van der Waals surface area contributed by atoms with Gasteiger partial charge in [-0.05, 0) is 24.3 Å². The number of anilines is 1.